The fourth-order valence-electron chi connectivity index (χ4n) is 1.73. The van der Waals surface area contributed by atoms with E-state index in [0.29, 0.717) is 24.2 Å². The zero-order valence-corrected chi connectivity index (χ0v) is 11.7. The van der Waals surface area contributed by atoms with Crippen LogP contribution in [0.5, 0.6) is 5.75 Å². The van der Waals surface area contributed by atoms with Gasteiger partial charge in [0.1, 0.15) is 6.33 Å². The van der Waals surface area contributed by atoms with Crippen LogP contribution in [-0.4, -0.2) is 50.4 Å². The summed E-state index contributed by atoms with van der Waals surface area (Å²) in [7, 11) is 5.12. The first-order valence-corrected chi connectivity index (χ1v) is 5.98. The Kier molecular flexibility index (Phi) is 5.64. The lowest BCUT2D eigenvalue weighted by atomic mass is 10.3. The van der Waals surface area contributed by atoms with Gasteiger partial charge in [-0.2, -0.15) is 0 Å². The van der Waals surface area contributed by atoms with Gasteiger partial charge in [0.2, 0.25) is 5.75 Å². The molecule has 0 aliphatic carbocycles. The predicted octanol–water partition coefficient (Wildman–Crippen LogP) is 1.39. The number of rotatable bonds is 7. The lowest BCUT2D eigenvalue weighted by molar-refractivity contribution is 0.203. The number of ether oxygens (including phenoxy) is 2. The largest absolute Gasteiger partial charge is 0.490 e. The maximum absolute atomic E-state index is 5.41. The van der Waals surface area contributed by atoms with Crippen LogP contribution < -0.4 is 15.0 Å². The van der Waals surface area contributed by atoms with Crippen molar-refractivity contribution in [1.29, 1.82) is 0 Å². The van der Waals surface area contributed by atoms with Gasteiger partial charge >= 0.3 is 0 Å². The smallest absolute Gasteiger partial charge is 0.204 e. The molecule has 0 aliphatic rings. The minimum Gasteiger partial charge on any atom is -0.490 e. The van der Waals surface area contributed by atoms with Gasteiger partial charge < -0.3 is 19.7 Å². The number of nitrogens with zero attached hydrogens (tertiary/aromatic N) is 3. The Balaban J connectivity index is 3.10. The van der Waals surface area contributed by atoms with E-state index in [-0.39, 0.29) is 0 Å². The van der Waals surface area contributed by atoms with Crippen molar-refractivity contribution in [2.75, 3.05) is 44.6 Å². The van der Waals surface area contributed by atoms with Crippen LogP contribution in [0, 0.1) is 0 Å². The summed E-state index contributed by atoms with van der Waals surface area (Å²) in [5, 5.41) is 3.00. The van der Waals surface area contributed by atoms with Crippen LogP contribution in [0.4, 0.5) is 11.6 Å². The molecule has 6 heteroatoms. The third-order valence-corrected chi connectivity index (χ3v) is 2.66. The van der Waals surface area contributed by atoms with E-state index in [1.54, 1.807) is 14.2 Å². The van der Waals surface area contributed by atoms with Crippen LogP contribution in [0.3, 0.4) is 0 Å². The second kappa shape index (κ2) is 7.00. The van der Waals surface area contributed by atoms with Crippen molar-refractivity contribution in [2.24, 2.45) is 0 Å². The fraction of sp³-hybridized carbons (Fsp3) is 0.667. The summed E-state index contributed by atoms with van der Waals surface area (Å²) in [6.45, 7) is 5.61. The van der Waals surface area contributed by atoms with Gasteiger partial charge in [-0.3, -0.25) is 0 Å². The van der Waals surface area contributed by atoms with Crippen LogP contribution in [0.2, 0.25) is 0 Å². The molecule has 0 bridgehead atoms. The summed E-state index contributed by atoms with van der Waals surface area (Å²) in [5.74, 6) is 2.12. The van der Waals surface area contributed by atoms with Crippen molar-refractivity contribution in [3.63, 3.8) is 0 Å². The standard InChI is InChI=1S/C12H22N4O2/c1-9(2)16(6-7-17-4)12-10(18-5)11(13-3)14-8-15-12/h8-9H,6-7H2,1-5H3,(H,13,14,15). The highest BCUT2D eigenvalue weighted by Gasteiger charge is 2.19. The molecule has 0 aromatic carbocycles. The summed E-state index contributed by atoms with van der Waals surface area (Å²) < 4.78 is 10.5. The molecular weight excluding hydrogens is 232 g/mol. The number of hydrogen-bond acceptors (Lipinski definition) is 6. The van der Waals surface area contributed by atoms with Crippen molar-refractivity contribution in [3.05, 3.63) is 6.33 Å². The van der Waals surface area contributed by atoms with Crippen LogP contribution in [0.15, 0.2) is 6.33 Å². The van der Waals surface area contributed by atoms with E-state index in [1.807, 2.05) is 7.05 Å². The molecule has 0 saturated heterocycles. The van der Waals surface area contributed by atoms with E-state index in [0.717, 1.165) is 12.4 Å². The molecule has 102 valence electrons. The van der Waals surface area contributed by atoms with E-state index in [9.17, 15) is 0 Å². The van der Waals surface area contributed by atoms with Gasteiger partial charge in [0.25, 0.3) is 0 Å². The lowest BCUT2D eigenvalue weighted by Crippen LogP contribution is -2.35. The van der Waals surface area contributed by atoms with E-state index in [2.05, 4.69) is 34.0 Å². The summed E-state index contributed by atoms with van der Waals surface area (Å²) in [4.78, 5) is 10.6. The minimum absolute atomic E-state index is 0.300. The Morgan fingerprint density at radius 1 is 1.33 bits per heavy atom. The first kappa shape index (κ1) is 14.5. The molecular formula is C12H22N4O2. The molecule has 18 heavy (non-hydrogen) atoms. The molecule has 0 aliphatic heterocycles. The van der Waals surface area contributed by atoms with Gasteiger partial charge in [-0.05, 0) is 13.8 Å². The van der Waals surface area contributed by atoms with Crippen molar-refractivity contribution >= 4 is 11.6 Å². The molecule has 1 N–H and O–H groups in total. The van der Waals surface area contributed by atoms with Crippen LogP contribution in [-0.2, 0) is 4.74 Å². The molecule has 6 nitrogen and oxygen atoms in total. The molecule has 0 spiro atoms. The van der Waals surface area contributed by atoms with Gasteiger partial charge in [-0.1, -0.05) is 0 Å². The number of nitrogens with one attached hydrogen (secondary N) is 1. The topological polar surface area (TPSA) is 59.5 Å². The highest BCUT2D eigenvalue weighted by atomic mass is 16.5. The fourth-order valence-corrected chi connectivity index (χ4v) is 1.73. The van der Waals surface area contributed by atoms with E-state index < -0.39 is 0 Å². The summed E-state index contributed by atoms with van der Waals surface area (Å²) in [6, 6.07) is 0.300. The molecule has 1 heterocycles. The minimum atomic E-state index is 0.300. The van der Waals surface area contributed by atoms with Crippen molar-refractivity contribution in [2.45, 2.75) is 19.9 Å². The quantitative estimate of drug-likeness (QED) is 0.793. The van der Waals surface area contributed by atoms with Crippen LogP contribution in [0.1, 0.15) is 13.8 Å². The average molecular weight is 254 g/mol. The SMILES string of the molecule is CNc1ncnc(N(CCOC)C(C)C)c1OC. The lowest BCUT2D eigenvalue weighted by Gasteiger charge is -2.29. The van der Waals surface area contributed by atoms with Gasteiger partial charge in [0.15, 0.2) is 11.6 Å². The molecule has 1 aromatic heterocycles. The van der Waals surface area contributed by atoms with Crippen LogP contribution >= 0.6 is 0 Å². The maximum atomic E-state index is 5.41. The van der Waals surface area contributed by atoms with Gasteiger partial charge in [0, 0.05) is 26.7 Å². The van der Waals surface area contributed by atoms with E-state index >= 15 is 0 Å². The highest BCUT2D eigenvalue weighted by molar-refractivity contribution is 5.64. The summed E-state index contributed by atoms with van der Waals surface area (Å²) in [5.41, 5.74) is 0. The third-order valence-electron chi connectivity index (χ3n) is 2.66. The Bertz CT molecular complexity index is 371. The van der Waals surface area contributed by atoms with Gasteiger partial charge in [-0.25, -0.2) is 9.97 Å². The van der Waals surface area contributed by atoms with E-state index in [4.69, 9.17) is 9.47 Å². The second-order valence-electron chi connectivity index (χ2n) is 4.11. The number of methoxy groups -OCH3 is 2. The van der Waals surface area contributed by atoms with Gasteiger partial charge in [0.05, 0.1) is 13.7 Å². The molecule has 0 unspecified atom stereocenters. The van der Waals surface area contributed by atoms with Crippen LogP contribution in [0.25, 0.3) is 0 Å². The first-order chi connectivity index (χ1) is 8.65. The Morgan fingerprint density at radius 2 is 2.06 bits per heavy atom. The number of anilines is 2. The zero-order chi connectivity index (χ0) is 13.5. The first-order valence-electron chi connectivity index (χ1n) is 5.98. The van der Waals surface area contributed by atoms with Crippen molar-refractivity contribution in [1.82, 2.24) is 9.97 Å². The summed E-state index contributed by atoms with van der Waals surface area (Å²) in [6.07, 6.45) is 1.53. The predicted molar refractivity (Wildman–Crippen MR) is 72.5 cm³/mol. The molecule has 0 amide bonds. The second-order valence-corrected chi connectivity index (χ2v) is 4.11. The molecule has 0 radical (unpaired) electrons. The Morgan fingerprint density at radius 3 is 2.56 bits per heavy atom. The summed E-state index contributed by atoms with van der Waals surface area (Å²) >= 11 is 0. The van der Waals surface area contributed by atoms with Crippen molar-refractivity contribution in [3.8, 4) is 5.75 Å². The third kappa shape index (κ3) is 3.22. The molecule has 1 rings (SSSR count). The molecule has 0 saturated carbocycles. The zero-order valence-electron chi connectivity index (χ0n) is 11.7. The maximum Gasteiger partial charge on any atom is 0.204 e. The molecule has 0 fully saturated rings. The number of hydrogen-bond donors (Lipinski definition) is 1. The van der Waals surface area contributed by atoms with Crippen molar-refractivity contribution < 1.29 is 9.47 Å². The number of aromatic nitrogens is 2. The Labute approximate surface area is 108 Å². The molecule has 0 atom stereocenters. The average Bonchev–Trinajstić information content (AvgIpc) is 2.38. The highest BCUT2D eigenvalue weighted by Crippen LogP contribution is 2.32. The van der Waals surface area contributed by atoms with Gasteiger partial charge in [-0.15, -0.1) is 0 Å². The van der Waals surface area contributed by atoms with E-state index in [1.165, 1.54) is 6.33 Å². The Hall–Kier alpha value is -1.56. The molecule has 1 aromatic rings. The monoisotopic (exact) mass is 254 g/mol. The normalized spacial score (nSPS) is 10.6.